The van der Waals surface area contributed by atoms with Crippen molar-refractivity contribution in [3.63, 3.8) is 0 Å². The number of rotatable bonds is 7. The van der Waals surface area contributed by atoms with Crippen molar-refractivity contribution in [2.24, 2.45) is 11.8 Å². The second-order valence-electron chi connectivity index (χ2n) is 6.59. The van der Waals surface area contributed by atoms with Crippen LogP contribution in [0.3, 0.4) is 0 Å². The molecule has 20 heavy (non-hydrogen) atoms. The van der Waals surface area contributed by atoms with E-state index >= 15 is 0 Å². The molecular formula is C17H31N3. The van der Waals surface area contributed by atoms with Crippen LogP contribution >= 0.6 is 0 Å². The first-order chi connectivity index (χ1) is 9.69. The lowest BCUT2D eigenvalue weighted by molar-refractivity contribution is 0.269. The van der Waals surface area contributed by atoms with Gasteiger partial charge in [0.2, 0.25) is 5.95 Å². The largest absolute Gasteiger partial charge is 0.356 e. The van der Waals surface area contributed by atoms with Gasteiger partial charge in [-0.3, -0.25) is 0 Å². The van der Waals surface area contributed by atoms with Crippen LogP contribution in [0.15, 0.2) is 6.20 Å². The molecule has 0 radical (unpaired) electrons. The molecule has 0 aromatic carbocycles. The minimum Gasteiger partial charge on any atom is -0.356 e. The number of unbranched alkanes of at least 4 members (excludes halogenated alkanes) is 1. The Balaban J connectivity index is 1.82. The van der Waals surface area contributed by atoms with Crippen LogP contribution in [0, 0.1) is 18.8 Å². The van der Waals surface area contributed by atoms with E-state index in [1.165, 1.54) is 44.9 Å². The molecule has 114 valence electrons. The number of nitrogens with one attached hydrogen (secondary N) is 1. The molecule has 3 nitrogen and oxygen atoms in total. The van der Waals surface area contributed by atoms with Crippen LogP contribution in [0.5, 0.6) is 0 Å². The lowest BCUT2D eigenvalue weighted by atomic mass is 9.81. The average molecular weight is 277 g/mol. The molecule has 0 amide bonds. The van der Waals surface area contributed by atoms with Gasteiger partial charge in [0.05, 0.1) is 5.69 Å². The zero-order valence-electron chi connectivity index (χ0n) is 13.5. The SMILES string of the molecule is CCCCNc1nc(C)cn1CCC1CCC(C)CC1. The molecule has 1 aromatic rings. The molecule has 0 unspecified atom stereocenters. The van der Waals surface area contributed by atoms with Crippen molar-refractivity contribution in [2.75, 3.05) is 11.9 Å². The maximum atomic E-state index is 4.61. The van der Waals surface area contributed by atoms with Crippen LogP contribution in [0.4, 0.5) is 5.95 Å². The summed E-state index contributed by atoms with van der Waals surface area (Å²) in [6.07, 6.45) is 11.6. The molecule has 1 aliphatic rings. The smallest absolute Gasteiger partial charge is 0.203 e. The number of aromatic nitrogens is 2. The number of hydrogen-bond acceptors (Lipinski definition) is 2. The van der Waals surface area contributed by atoms with Gasteiger partial charge in [0.15, 0.2) is 0 Å². The Bertz CT molecular complexity index is 389. The first-order valence-corrected chi connectivity index (χ1v) is 8.46. The number of imidazole rings is 1. The molecule has 2 rings (SSSR count). The van der Waals surface area contributed by atoms with Gasteiger partial charge in [-0.1, -0.05) is 46.0 Å². The number of aryl methyl sites for hydroxylation is 2. The van der Waals surface area contributed by atoms with Crippen molar-refractivity contribution in [2.45, 2.75) is 72.3 Å². The highest BCUT2D eigenvalue weighted by Crippen LogP contribution is 2.30. The topological polar surface area (TPSA) is 29.9 Å². The third-order valence-corrected chi connectivity index (χ3v) is 4.62. The highest BCUT2D eigenvalue weighted by molar-refractivity contribution is 5.28. The predicted octanol–water partition coefficient (Wildman–Crippen LogP) is 4.62. The van der Waals surface area contributed by atoms with Gasteiger partial charge in [-0.2, -0.15) is 0 Å². The van der Waals surface area contributed by atoms with E-state index in [0.29, 0.717) is 0 Å². The monoisotopic (exact) mass is 277 g/mol. The predicted molar refractivity (Wildman–Crippen MR) is 86.1 cm³/mol. The highest BCUT2D eigenvalue weighted by Gasteiger charge is 2.18. The first-order valence-electron chi connectivity index (χ1n) is 8.46. The number of anilines is 1. The van der Waals surface area contributed by atoms with Gasteiger partial charge in [-0.25, -0.2) is 4.98 Å². The van der Waals surface area contributed by atoms with Crippen LogP contribution in [0.2, 0.25) is 0 Å². The van der Waals surface area contributed by atoms with E-state index in [1.807, 2.05) is 0 Å². The van der Waals surface area contributed by atoms with Crippen LogP contribution in [0.1, 0.15) is 64.5 Å². The molecule has 3 heteroatoms. The van der Waals surface area contributed by atoms with Crippen LogP contribution in [-0.2, 0) is 6.54 Å². The van der Waals surface area contributed by atoms with Crippen molar-refractivity contribution in [1.29, 1.82) is 0 Å². The fourth-order valence-electron chi connectivity index (χ4n) is 3.17. The zero-order chi connectivity index (χ0) is 14.4. The van der Waals surface area contributed by atoms with Crippen molar-refractivity contribution >= 4 is 5.95 Å². The molecule has 0 aliphatic heterocycles. The van der Waals surface area contributed by atoms with Gasteiger partial charge in [0.1, 0.15) is 0 Å². The summed E-state index contributed by atoms with van der Waals surface area (Å²) in [5.41, 5.74) is 1.13. The minimum absolute atomic E-state index is 0.928. The van der Waals surface area contributed by atoms with E-state index in [4.69, 9.17) is 0 Å². The Hall–Kier alpha value is -0.990. The molecule has 0 atom stereocenters. The van der Waals surface area contributed by atoms with E-state index in [2.05, 4.69) is 41.8 Å². The quantitative estimate of drug-likeness (QED) is 0.737. The Morgan fingerprint density at radius 1 is 1.30 bits per heavy atom. The summed E-state index contributed by atoms with van der Waals surface area (Å²) in [7, 11) is 0. The molecule has 1 aliphatic carbocycles. The molecule has 1 aromatic heterocycles. The van der Waals surface area contributed by atoms with Gasteiger partial charge in [0.25, 0.3) is 0 Å². The zero-order valence-corrected chi connectivity index (χ0v) is 13.5. The Morgan fingerprint density at radius 2 is 2.05 bits per heavy atom. The number of hydrogen-bond donors (Lipinski definition) is 1. The standard InChI is InChI=1S/C17H31N3/c1-4-5-11-18-17-19-15(3)13-20(17)12-10-16-8-6-14(2)7-9-16/h13-14,16H,4-12H2,1-3H3,(H,18,19). The normalized spacial score (nSPS) is 22.9. The molecule has 1 heterocycles. The molecule has 1 N–H and O–H groups in total. The van der Waals surface area contributed by atoms with E-state index in [9.17, 15) is 0 Å². The third-order valence-electron chi connectivity index (χ3n) is 4.62. The first kappa shape index (κ1) is 15.4. The van der Waals surface area contributed by atoms with Crippen molar-refractivity contribution in [1.82, 2.24) is 9.55 Å². The Labute approximate surface area is 124 Å². The van der Waals surface area contributed by atoms with Gasteiger partial charge < -0.3 is 9.88 Å². The van der Waals surface area contributed by atoms with E-state index in [-0.39, 0.29) is 0 Å². The molecule has 0 saturated heterocycles. The highest BCUT2D eigenvalue weighted by atomic mass is 15.2. The second-order valence-corrected chi connectivity index (χ2v) is 6.59. The van der Waals surface area contributed by atoms with Crippen LogP contribution < -0.4 is 5.32 Å². The van der Waals surface area contributed by atoms with E-state index < -0.39 is 0 Å². The van der Waals surface area contributed by atoms with Crippen molar-refractivity contribution in [3.8, 4) is 0 Å². The second kappa shape index (κ2) is 7.70. The van der Waals surface area contributed by atoms with Crippen LogP contribution in [0.25, 0.3) is 0 Å². The summed E-state index contributed by atoms with van der Waals surface area (Å²) in [4.78, 5) is 4.61. The Kier molecular flexibility index (Phi) is 5.93. The fraction of sp³-hybridized carbons (Fsp3) is 0.824. The summed E-state index contributed by atoms with van der Waals surface area (Å²) in [5, 5.41) is 3.48. The third kappa shape index (κ3) is 4.53. The van der Waals surface area contributed by atoms with Crippen molar-refractivity contribution in [3.05, 3.63) is 11.9 Å². The van der Waals surface area contributed by atoms with Crippen LogP contribution in [-0.4, -0.2) is 16.1 Å². The fourth-order valence-corrected chi connectivity index (χ4v) is 3.17. The van der Waals surface area contributed by atoms with Gasteiger partial charge in [-0.15, -0.1) is 0 Å². The summed E-state index contributed by atoms with van der Waals surface area (Å²) in [5.74, 6) is 2.95. The summed E-state index contributed by atoms with van der Waals surface area (Å²) in [6.45, 7) is 8.86. The Morgan fingerprint density at radius 3 is 2.75 bits per heavy atom. The minimum atomic E-state index is 0.928. The molecule has 0 spiro atoms. The molecule has 1 saturated carbocycles. The summed E-state index contributed by atoms with van der Waals surface area (Å²) < 4.78 is 2.32. The van der Waals surface area contributed by atoms with Gasteiger partial charge in [-0.05, 0) is 31.6 Å². The lowest BCUT2D eigenvalue weighted by Gasteiger charge is -2.26. The number of nitrogens with zero attached hydrogens (tertiary/aromatic N) is 2. The van der Waals surface area contributed by atoms with E-state index in [1.54, 1.807) is 0 Å². The maximum absolute atomic E-state index is 4.61. The van der Waals surface area contributed by atoms with Gasteiger partial charge >= 0.3 is 0 Å². The maximum Gasteiger partial charge on any atom is 0.203 e. The van der Waals surface area contributed by atoms with Gasteiger partial charge in [0, 0.05) is 19.3 Å². The average Bonchev–Trinajstić information content (AvgIpc) is 2.79. The summed E-state index contributed by atoms with van der Waals surface area (Å²) >= 11 is 0. The molecular weight excluding hydrogens is 246 g/mol. The van der Waals surface area contributed by atoms with Crippen molar-refractivity contribution < 1.29 is 0 Å². The lowest BCUT2D eigenvalue weighted by Crippen LogP contribution is -2.15. The summed E-state index contributed by atoms with van der Waals surface area (Å²) in [6, 6.07) is 0. The molecule has 0 bridgehead atoms. The molecule has 1 fully saturated rings. The van der Waals surface area contributed by atoms with E-state index in [0.717, 1.165) is 36.6 Å².